The van der Waals surface area contributed by atoms with E-state index in [1.165, 1.54) is 0 Å². The van der Waals surface area contributed by atoms with Crippen LogP contribution in [0.25, 0.3) is 0 Å². The Morgan fingerprint density at radius 1 is 1.10 bits per heavy atom. The predicted molar refractivity (Wildman–Crippen MR) is 109 cm³/mol. The molecule has 1 heterocycles. The van der Waals surface area contributed by atoms with Crippen LogP contribution in [0, 0.1) is 19.8 Å². The molecule has 3 rings (SSSR count). The van der Waals surface area contributed by atoms with Crippen LogP contribution in [0.1, 0.15) is 34.8 Å². The Bertz CT molecular complexity index is 952. The lowest BCUT2D eigenvalue weighted by atomic mass is 10.0. The van der Waals surface area contributed by atoms with Crippen molar-refractivity contribution in [1.82, 2.24) is 0 Å². The Balaban J connectivity index is 1.65. The summed E-state index contributed by atoms with van der Waals surface area (Å²) in [5.41, 5.74) is 3.27. The van der Waals surface area contributed by atoms with E-state index in [0.717, 1.165) is 11.1 Å². The predicted octanol–water partition coefficient (Wildman–Crippen LogP) is 3.48. The van der Waals surface area contributed by atoms with Gasteiger partial charge in [0.2, 0.25) is 11.7 Å². The van der Waals surface area contributed by atoms with Crippen LogP contribution in [0.15, 0.2) is 42.5 Å². The molecule has 6 nitrogen and oxygen atoms in total. The summed E-state index contributed by atoms with van der Waals surface area (Å²) in [7, 11) is 1.55. The average molecular weight is 395 g/mol. The minimum atomic E-state index is -0.912. The molecule has 1 fully saturated rings. The van der Waals surface area contributed by atoms with Gasteiger partial charge in [0.1, 0.15) is 5.75 Å². The van der Waals surface area contributed by atoms with Crippen LogP contribution in [0.5, 0.6) is 5.75 Å². The second-order valence-electron chi connectivity index (χ2n) is 7.35. The van der Waals surface area contributed by atoms with E-state index in [2.05, 4.69) is 0 Å². The summed E-state index contributed by atoms with van der Waals surface area (Å²) in [6.45, 7) is 5.68. The number of ether oxygens (including phenoxy) is 2. The van der Waals surface area contributed by atoms with Gasteiger partial charge in [-0.15, -0.1) is 0 Å². The van der Waals surface area contributed by atoms with E-state index >= 15 is 0 Å². The first-order valence-electron chi connectivity index (χ1n) is 9.56. The summed E-state index contributed by atoms with van der Waals surface area (Å²) in [5.74, 6) is -0.921. The quantitative estimate of drug-likeness (QED) is 0.553. The first-order chi connectivity index (χ1) is 13.8. The lowest BCUT2D eigenvalue weighted by Gasteiger charge is -2.18. The fourth-order valence-corrected chi connectivity index (χ4v) is 3.35. The van der Waals surface area contributed by atoms with Crippen molar-refractivity contribution in [3.8, 4) is 5.75 Å². The number of ketones is 1. The standard InChI is InChI=1S/C23H25NO5/c1-14-8-9-17(10-15(14)2)22(26)16(3)29-23(27)18-11-21(25)24(13-18)19-6-5-7-20(12-19)28-4/h5-10,12,16,18H,11,13H2,1-4H3. The molecule has 0 radical (unpaired) electrons. The third kappa shape index (κ3) is 4.47. The summed E-state index contributed by atoms with van der Waals surface area (Å²) in [4.78, 5) is 39.1. The first-order valence-corrected chi connectivity index (χ1v) is 9.56. The molecular formula is C23H25NO5. The van der Waals surface area contributed by atoms with E-state index < -0.39 is 18.0 Å². The molecule has 1 saturated heterocycles. The highest BCUT2D eigenvalue weighted by atomic mass is 16.5. The maximum Gasteiger partial charge on any atom is 0.312 e. The molecule has 2 atom stereocenters. The number of carbonyl (C=O) groups excluding carboxylic acids is 3. The minimum Gasteiger partial charge on any atom is -0.497 e. The molecule has 6 heteroatoms. The summed E-state index contributed by atoms with van der Waals surface area (Å²) >= 11 is 0. The highest BCUT2D eigenvalue weighted by molar-refractivity contribution is 6.02. The van der Waals surface area contributed by atoms with E-state index in [-0.39, 0.29) is 24.7 Å². The molecule has 1 amide bonds. The van der Waals surface area contributed by atoms with E-state index in [4.69, 9.17) is 9.47 Å². The number of aryl methyl sites for hydroxylation is 2. The molecular weight excluding hydrogens is 370 g/mol. The number of benzene rings is 2. The third-order valence-corrected chi connectivity index (χ3v) is 5.28. The monoisotopic (exact) mass is 395 g/mol. The van der Waals surface area contributed by atoms with E-state index in [0.29, 0.717) is 17.0 Å². The Labute approximate surface area is 170 Å². The van der Waals surface area contributed by atoms with Gasteiger partial charge in [0.15, 0.2) is 6.10 Å². The van der Waals surface area contributed by atoms with Crippen molar-refractivity contribution in [1.29, 1.82) is 0 Å². The van der Waals surface area contributed by atoms with Crippen molar-refractivity contribution in [3.05, 3.63) is 59.2 Å². The normalized spacial score (nSPS) is 17.2. The summed E-state index contributed by atoms with van der Waals surface area (Å²) in [5, 5.41) is 0. The number of nitrogens with zero attached hydrogens (tertiary/aromatic N) is 1. The second-order valence-corrected chi connectivity index (χ2v) is 7.35. The van der Waals surface area contributed by atoms with Crippen LogP contribution in [-0.4, -0.2) is 37.4 Å². The van der Waals surface area contributed by atoms with Gasteiger partial charge in [0, 0.05) is 30.3 Å². The van der Waals surface area contributed by atoms with E-state index in [1.807, 2.05) is 19.9 Å². The number of carbonyl (C=O) groups is 3. The molecule has 0 aromatic heterocycles. The average Bonchev–Trinajstić information content (AvgIpc) is 3.11. The first kappa shape index (κ1) is 20.6. The van der Waals surface area contributed by atoms with Crippen molar-refractivity contribution in [3.63, 3.8) is 0 Å². The van der Waals surface area contributed by atoms with Crippen molar-refractivity contribution >= 4 is 23.3 Å². The van der Waals surface area contributed by atoms with E-state index in [9.17, 15) is 14.4 Å². The molecule has 0 saturated carbocycles. The smallest absolute Gasteiger partial charge is 0.312 e. The van der Waals surface area contributed by atoms with Gasteiger partial charge < -0.3 is 14.4 Å². The number of esters is 1. The molecule has 2 aromatic carbocycles. The molecule has 0 bridgehead atoms. The largest absolute Gasteiger partial charge is 0.497 e. The maximum atomic E-state index is 12.6. The Morgan fingerprint density at radius 2 is 1.86 bits per heavy atom. The summed E-state index contributed by atoms with van der Waals surface area (Å²) < 4.78 is 10.6. The zero-order valence-electron chi connectivity index (χ0n) is 17.1. The number of amides is 1. The minimum absolute atomic E-state index is 0.0561. The molecule has 2 aromatic rings. The van der Waals surface area contributed by atoms with Crippen LogP contribution in [0.2, 0.25) is 0 Å². The molecule has 1 aliphatic heterocycles. The SMILES string of the molecule is COc1cccc(N2CC(C(=O)OC(C)C(=O)c3ccc(C)c(C)c3)CC2=O)c1. The Kier molecular flexibility index (Phi) is 6.01. The van der Waals surface area contributed by atoms with Gasteiger partial charge in [-0.25, -0.2) is 0 Å². The summed E-state index contributed by atoms with van der Waals surface area (Å²) in [6.07, 6.45) is -0.855. The fraction of sp³-hybridized carbons (Fsp3) is 0.348. The fourth-order valence-electron chi connectivity index (χ4n) is 3.35. The van der Waals surface area contributed by atoms with Gasteiger partial charge in [0.05, 0.1) is 13.0 Å². The van der Waals surface area contributed by atoms with Gasteiger partial charge in [-0.05, 0) is 50.1 Å². The molecule has 1 aliphatic rings. The highest BCUT2D eigenvalue weighted by Crippen LogP contribution is 2.28. The Hall–Kier alpha value is -3.15. The van der Waals surface area contributed by atoms with Crippen LogP contribution in [-0.2, 0) is 14.3 Å². The van der Waals surface area contributed by atoms with Crippen molar-refractivity contribution in [2.24, 2.45) is 5.92 Å². The van der Waals surface area contributed by atoms with Gasteiger partial charge in [-0.3, -0.25) is 14.4 Å². The zero-order chi connectivity index (χ0) is 21.1. The van der Waals surface area contributed by atoms with Crippen molar-refractivity contribution < 1.29 is 23.9 Å². The molecule has 2 unspecified atom stereocenters. The van der Waals surface area contributed by atoms with Gasteiger partial charge in [-0.1, -0.05) is 18.2 Å². The molecule has 0 spiro atoms. The number of anilines is 1. The van der Waals surface area contributed by atoms with Crippen LogP contribution in [0.3, 0.4) is 0 Å². The zero-order valence-corrected chi connectivity index (χ0v) is 17.1. The molecule has 0 N–H and O–H groups in total. The summed E-state index contributed by atoms with van der Waals surface area (Å²) in [6, 6.07) is 12.5. The van der Waals surface area contributed by atoms with Crippen LogP contribution >= 0.6 is 0 Å². The molecule has 29 heavy (non-hydrogen) atoms. The maximum absolute atomic E-state index is 12.6. The number of hydrogen-bond acceptors (Lipinski definition) is 5. The molecule has 152 valence electrons. The van der Waals surface area contributed by atoms with Gasteiger partial charge >= 0.3 is 5.97 Å². The Morgan fingerprint density at radius 3 is 2.55 bits per heavy atom. The van der Waals surface area contributed by atoms with Gasteiger partial charge in [-0.2, -0.15) is 0 Å². The lowest BCUT2D eigenvalue weighted by molar-refractivity contribution is -0.151. The number of hydrogen-bond donors (Lipinski definition) is 0. The van der Waals surface area contributed by atoms with Crippen LogP contribution < -0.4 is 9.64 Å². The third-order valence-electron chi connectivity index (χ3n) is 5.28. The topological polar surface area (TPSA) is 72.9 Å². The van der Waals surface area contributed by atoms with Crippen molar-refractivity contribution in [2.45, 2.75) is 33.3 Å². The van der Waals surface area contributed by atoms with Crippen molar-refractivity contribution in [2.75, 3.05) is 18.6 Å². The van der Waals surface area contributed by atoms with Crippen LogP contribution in [0.4, 0.5) is 5.69 Å². The molecule has 0 aliphatic carbocycles. The van der Waals surface area contributed by atoms with Gasteiger partial charge in [0.25, 0.3) is 0 Å². The second kappa shape index (κ2) is 8.47. The highest BCUT2D eigenvalue weighted by Gasteiger charge is 2.37. The lowest BCUT2D eigenvalue weighted by Crippen LogP contribution is -2.30. The number of rotatable bonds is 6. The number of Topliss-reactive ketones (excluding diaryl/α,β-unsaturated/α-hetero) is 1. The van der Waals surface area contributed by atoms with E-state index in [1.54, 1.807) is 55.3 Å². The number of methoxy groups -OCH3 is 1.